The Hall–Kier alpha value is -4.12. The largest absolute Gasteiger partial charge is 0.496 e. The van der Waals surface area contributed by atoms with E-state index in [0.29, 0.717) is 29.7 Å². The third kappa shape index (κ3) is 4.03. The molecule has 3 heterocycles. The van der Waals surface area contributed by atoms with Gasteiger partial charge in [0.2, 0.25) is 0 Å². The molecule has 0 aliphatic carbocycles. The van der Waals surface area contributed by atoms with Gasteiger partial charge in [-0.25, -0.2) is 18.7 Å². The number of hydrogen-bond donors (Lipinski definition) is 2. The number of aromatic nitrogens is 4. The molecule has 2 aromatic heterocycles. The molecule has 9 nitrogen and oxygen atoms in total. The Kier molecular flexibility index (Phi) is 5.77. The number of halogens is 2. The zero-order valence-electron chi connectivity index (χ0n) is 19.1. The van der Waals surface area contributed by atoms with E-state index < -0.39 is 17.5 Å². The Bertz CT molecular complexity index is 1440. The number of nitrogens with zero attached hydrogens (tertiary/aromatic N) is 5. The minimum absolute atomic E-state index is 0.00719. The summed E-state index contributed by atoms with van der Waals surface area (Å²) in [7, 11) is 3.06. The fourth-order valence-corrected chi connectivity index (χ4v) is 4.41. The van der Waals surface area contributed by atoms with Gasteiger partial charge in [-0.15, -0.1) is 0 Å². The second kappa shape index (κ2) is 8.91. The second-order valence-corrected chi connectivity index (χ2v) is 8.32. The number of carbonyl (C=O) groups excluding carboxylic acids is 1. The number of nitrogens with two attached hydrogens (primary N) is 1. The number of ether oxygens (including phenoxy) is 1. The number of benzene rings is 2. The summed E-state index contributed by atoms with van der Waals surface area (Å²) in [6.45, 7) is 1.22. The van der Waals surface area contributed by atoms with Crippen LogP contribution in [0.5, 0.6) is 5.75 Å². The Morgan fingerprint density at radius 3 is 2.83 bits per heavy atom. The molecule has 1 fully saturated rings. The van der Waals surface area contributed by atoms with Gasteiger partial charge in [0.25, 0.3) is 5.91 Å². The number of aryl methyl sites for hydroxylation is 1. The van der Waals surface area contributed by atoms with Gasteiger partial charge in [-0.2, -0.15) is 5.10 Å². The van der Waals surface area contributed by atoms with Gasteiger partial charge in [0.1, 0.15) is 22.8 Å². The predicted molar refractivity (Wildman–Crippen MR) is 127 cm³/mol. The summed E-state index contributed by atoms with van der Waals surface area (Å²) in [6.07, 6.45) is 3.70. The van der Waals surface area contributed by atoms with Crippen molar-refractivity contribution >= 4 is 28.2 Å². The van der Waals surface area contributed by atoms with Crippen LogP contribution in [0.4, 0.5) is 20.2 Å². The minimum atomic E-state index is -0.601. The van der Waals surface area contributed by atoms with Crippen LogP contribution in [0.1, 0.15) is 16.9 Å². The smallest absolute Gasteiger partial charge is 0.274 e. The fourth-order valence-electron chi connectivity index (χ4n) is 4.41. The average molecular weight is 479 g/mol. The van der Waals surface area contributed by atoms with Crippen LogP contribution >= 0.6 is 0 Å². The SMILES string of the molecule is COc1cccc(F)c1-c1nccc(C(=O)Nc2cc(F)c3c(cnn3C)c2N2CC[C@@H](N)C2)n1. The van der Waals surface area contributed by atoms with E-state index in [2.05, 4.69) is 20.4 Å². The number of methoxy groups -OCH3 is 1. The molecule has 0 unspecified atom stereocenters. The maximum Gasteiger partial charge on any atom is 0.274 e. The van der Waals surface area contributed by atoms with E-state index in [1.807, 2.05) is 4.90 Å². The monoisotopic (exact) mass is 479 g/mol. The van der Waals surface area contributed by atoms with Gasteiger partial charge in [0, 0.05) is 43.8 Å². The molecule has 0 saturated carbocycles. The summed E-state index contributed by atoms with van der Waals surface area (Å²) in [5, 5.41) is 7.53. The maximum atomic E-state index is 15.0. The Balaban J connectivity index is 1.54. The lowest BCUT2D eigenvalue weighted by Gasteiger charge is -2.23. The first-order chi connectivity index (χ1) is 16.9. The fraction of sp³-hybridized carbons (Fsp3) is 0.250. The van der Waals surface area contributed by atoms with Gasteiger partial charge in [-0.05, 0) is 24.6 Å². The summed E-state index contributed by atoms with van der Waals surface area (Å²) < 4.78 is 36.2. The summed E-state index contributed by atoms with van der Waals surface area (Å²) in [5.74, 6) is -1.48. The van der Waals surface area contributed by atoms with Crippen molar-refractivity contribution in [3.05, 3.63) is 60.1 Å². The van der Waals surface area contributed by atoms with Crippen molar-refractivity contribution in [2.24, 2.45) is 12.8 Å². The van der Waals surface area contributed by atoms with Crippen molar-refractivity contribution in [1.29, 1.82) is 0 Å². The molecule has 180 valence electrons. The number of amides is 1. The molecule has 0 radical (unpaired) electrons. The molecule has 4 aromatic rings. The number of hydrogen-bond acceptors (Lipinski definition) is 7. The molecule has 11 heteroatoms. The first-order valence-electron chi connectivity index (χ1n) is 11.0. The van der Waals surface area contributed by atoms with Crippen molar-refractivity contribution in [2.75, 3.05) is 30.4 Å². The highest BCUT2D eigenvalue weighted by Crippen LogP contribution is 2.38. The molecule has 1 atom stereocenters. The molecule has 3 N–H and O–H groups in total. The van der Waals surface area contributed by atoms with Gasteiger partial charge < -0.3 is 20.7 Å². The molecule has 35 heavy (non-hydrogen) atoms. The van der Waals surface area contributed by atoms with E-state index >= 15 is 4.39 Å². The Morgan fingerprint density at radius 1 is 1.26 bits per heavy atom. The number of rotatable bonds is 5. The van der Waals surface area contributed by atoms with E-state index in [1.165, 1.54) is 42.3 Å². The van der Waals surface area contributed by atoms with E-state index in [-0.39, 0.29) is 34.6 Å². The molecule has 1 amide bonds. The van der Waals surface area contributed by atoms with Crippen molar-refractivity contribution in [3.8, 4) is 17.1 Å². The van der Waals surface area contributed by atoms with Crippen LogP contribution in [0.3, 0.4) is 0 Å². The topological polar surface area (TPSA) is 111 Å². The predicted octanol–water partition coefficient (Wildman–Crippen LogP) is 3.11. The molecule has 1 aliphatic rings. The number of nitrogens with one attached hydrogen (secondary N) is 1. The molecule has 0 bridgehead atoms. The molecule has 5 rings (SSSR count). The second-order valence-electron chi connectivity index (χ2n) is 8.32. The number of anilines is 2. The van der Waals surface area contributed by atoms with Crippen molar-refractivity contribution in [1.82, 2.24) is 19.7 Å². The van der Waals surface area contributed by atoms with Crippen molar-refractivity contribution < 1.29 is 18.3 Å². The summed E-state index contributed by atoms with van der Waals surface area (Å²) >= 11 is 0. The van der Waals surface area contributed by atoms with Crippen LogP contribution in [-0.4, -0.2) is 51.9 Å². The van der Waals surface area contributed by atoms with Gasteiger partial charge >= 0.3 is 0 Å². The summed E-state index contributed by atoms with van der Waals surface area (Å²) in [4.78, 5) is 23.6. The van der Waals surface area contributed by atoms with Gasteiger partial charge in [-0.1, -0.05) is 6.07 Å². The third-order valence-corrected chi connectivity index (χ3v) is 6.04. The lowest BCUT2D eigenvalue weighted by Crippen LogP contribution is -2.27. The highest BCUT2D eigenvalue weighted by atomic mass is 19.1. The van der Waals surface area contributed by atoms with Crippen LogP contribution in [-0.2, 0) is 7.05 Å². The Labute approximate surface area is 199 Å². The van der Waals surface area contributed by atoms with Gasteiger partial charge in [0.15, 0.2) is 11.6 Å². The van der Waals surface area contributed by atoms with E-state index in [0.717, 1.165) is 6.42 Å². The third-order valence-electron chi connectivity index (χ3n) is 6.04. The summed E-state index contributed by atoms with van der Waals surface area (Å²) in [6, 6.07) is 6.97. The first kappa shape index (κ1) is 22.7. The highest BCUT2D eigenvalue weighted by molar-refractivity contribution is 6.09. The minimum Gasteiger partial charge on any atom is -0.496 e. The quantitative estimate of drug-likeness (QED) is 0.452. The number of fused-ring (bicyclic) bond motifs is 1. The highest BCUT2D eigenvalue weighted by Gasteiger charge is 2.27. The van der Waals surface area contributed by atoms with Crippen LogP contribution in [0, 0.1) is 11.6 Å². The number of carbonyl (C=O) groups is 1. The van der Waals surface area contributed by atoms with Gasteiger partial charge in [0.05, 0.1) is 30.2 Å². The normalized spacial score (nSPS) is 15.6. The van der Waals surface area contributed by atoms with E-state index in [9.17, 15) is 9.18 Å². The van der Waals surface area contributed by atoms with E-state index in [1.54, 1.807) is 19.3 Å². The van der Waals surface area contributed by atoms with E-state index in [4.69, 9.17) is 10.5 Å². The Morgan fingerprint density at radius 2 is 2.09 bits per heavy atom. The maximum absolute atomic E-state index is 15.0. The standard InChI is InChI=1S/C24H23F2N7O2/c1-32-21-14(11-29-32)22(33-9-7-13(27)12-33)18(10-16(21)26)31-24(34)17-6-8-28-23(30-17)20-15(25)4-3-5-19(20)35-2/h3-6,8,10-11,13H,7,9,12,27H2,1-2H3,(H,31,34)/t13-/m1/s1. The lowest BCUT2D eigenvalue weighted by atomic mass is 10.1. The van der Waals surface area contributed by atoms with Crippen molar-refractivity contribution in [2.45, 2.75) is 12.5 Å². The lowest BCUT2D eigenvalue weighted by molar-refractivity contribution is 0.102. The van der Waals surface area contributed by atoms with Crippen LogP contribution in [0.2, 0.25) is 0 Å². The molecule has 2 aromatic carbocycles. The summed E-state index contributed by atoms with van der Waals surface area (Å²) in [5.41, 5.74) is 7.37. The van der Waals surface area contributed by atoms with Crippen LogP contribution in [0.25, 0.3) is 22.3 Å². The van der Waals surface area contributed by atoms with Crippen LogP contribution in [0.15, 0.2) is 42.7 Å². The molecule has 1 saturated heterocycles. The molecule has 0 spiro atoms. The molecule has 1 aliphatic heterocycles. The zero-order valence-corrected chi connectivity index (χ0v) is 19.1. The zero-order chi connectivity index (χ0) is 24.7. The molecular formula is C24H23F2N7O2. The first-order valence-corrected chi connectivity index (χ1v) is 11.0. The van der Waals surface area contributed by atoms with Gasteiger partial charge in [-0.3, -0.25) is 9.48 Å². The molecular weight excluding hydrogens is 456 g/mol. The average Bonchev–Trinajstić information content (AvgIpc) is 3.45. The van der Waals surface area contributed by atoms with Crippen LogP contribution < -0.4 is 20.7 Å². The van der Waals surface area contributed by atoms with Crippen molar-refractivity contribution in [3.63, 3.8) is 0 Å².